The molecule has 3 aromatic rings. The standard InChI is InChI=1S/C24H25ClN4O3/c1-14-7-6-10-28-19(15(2)26-23(14)28)21(30)18-20(16-8-5-9-17(25)13-16)29(12-11-27(3)4)24(32)22(18)31/h5-10,13,20,30H,11-12H2,1-4H3/t20-/m1/s1. The van der Waals surface area contributed by atoms with Gasteiger partial charge >= 0.3 is 0 Å². The number of carbonyl (C=O) groups excluding carboxylic acids is 2. The van der Waals surface area contributed by atoms with Gasteiger partial charge < -0.3 is 14.9 Å². The maximum absolute atomic E-state index is 13.2. The van der Waals surface area contributed by atoms with E-state index >= 15 is 0 Å². The summed E-state index contributed by atoms with van der Waals surface area (Å²) < 4.78 is 1.75. The summed E-state index contributed by atoms with van der Waals surface area (Å²) in [5, 5.41) is 11.9. The highest BCUT2D eigenvalue weighted by Gasteiger charge is 2.46. The Balaban J connectivity index is 1.95. The van der Waals surface area contributed by atoms with Crippen molar-refractivity contribution in [2.45, 2.75) is 19.9 Å². The largest absolute Gasteiger partial charge is 0.505 e. The maximum Gasteiger partial charge on any atom is 0.295 e. The Kier molecular flexibility index (Phi) is 5.79. The molecular weight excluding hydrogens is 428 g/mol. The summed E-state index contributed by atoms with van der Waals surface area (Å²) >= 11 is 6.23. The molecule has 1 aliphatic heterocycles. The number of likely N-dealkylation sites (N-methyl/N-ethyl adjacent to an activating group) is 1. The minimum atomic E-state index is -0.747. The Hall–Kier alpha value is -3.16. The predicted molar refractivity (Wildman–Crippen MR) is 124 cm³/mol. The number of Topliss-reactive ketones (excluding diaryl/α,β-unsaturated/α-hetero) is 1. The third-order valence-electron chi connectivity index (χ3n) is 5.74. The zero-order chi connectivity index (χ0) is 23.2. The van der Waals surface area contributed by atoms with E-state index in [1.54, 1.807) is 35.7 Å². The van der Waals surface area contributed by atoms with E-state index in [0.717, 1.165) is 5.56 Å². The van der Waals surface area contributed by atoms with Gasteiger partial charge in [0, 0.05) is 24.3 Å². The second-order valence-electron chi connectivity index (χ2n) is 8.28. The monoisotopic (exact) mass is 452 g/mol. The molecule has 0 unspecified atom stereocenters. The quantitative estimate of drug-likeness (QED) is 0.363. The van der Waals surface area contributed by atoms with Gasteiger partial charge in [-0.15, -0.1) is 0 Å². The Labute approximate surface area is 191 Å². The molecule has 1 atom stereocenters. The molecule has 0 saturated carbocycles. The van der Waals surface area contributed by atoms with Crippen LogP contribution in [0, 0.1) is 13.8 Å². The van der Waals surface area contributed by atoms with Crippen LogP contribution in [0.5, 0.6) is 0 Å². The van der Waals surface area contributed by atoms with Gasteiger partial charge in [-0.05, 0) is 57.3 Å². The molecule has 7 nitrogen and oxygen atoms in total. The lowest BCUT2D eigenvalue weighted by Crippen LogP contribution is -2.35. The smallest absolute Gasteiger partial charge is 0.295 e. The second kappa shape index (κ2) is 8.41. The highest BCUT2D eigenvalue weighted by atomic mass is 35.5. The number of hydrogen-bond donors (Lipinski definition) is 1. The van der Waals surface area contributed by atoms with E-state index in [9.17, 15) is 14.7 Å². The molecule has 0 radical (unpaired) electrons. The normalized spacial score (nSPS) is 18.3. The SMILES string of the molecule is Cc1nc2c(C)cccn2c1C(O)=C1C(=O)C(=O)N(CCN(C)C)[C@@H]1c1cccc(Cl)c1. The lowest BCUT2D eigenvalue weighted by Gasteiger charge is -2.26. The number of rotatable bonds is 5. The number of aliphatic hydroxyl groups is 1. The van der Waals surface area contributed by atoms with Crippen LogP contribution < -0.4 is 0 Å². The van der Waals surface area contributed by atoms with Crippen molar-refractivity contribution in [3.8, 4) is 0 Å². The molecule has 32 heavy (non-hydrogen) atoms. The Morgan fingerprint density at radius 2 is 1.94 bits per heavy atom. The molecule has 1 aromatic carbocycles. The molecule has 1 aliphatic rings. The van der Waals surface area contributed by atoms with Crippen molar-refractivity contribution in [3.63, 3.8) is 0 Å². The molecular formula is C24H25ClN4O3. The molecule has 1 amide bonds. The maximum atomic E-state index is 13.2. The first-order chi connectivity index (χ1) is 15.2. The van der Waals surface area contributed by atoms with Crippen molar-refractivity contribution >= 4 is 34.7 Å². The summed E-state index contributed by atoms with van der Waals surface area (Å²) in [6.07, 6.45) is 1.79. The second-order valence-corrected chi connectivity index (χ2v) is 8.72. The number of amides is 1. The fourth-order valence-electron chi connectivity index (χ4n) is 4.17. The van der Waals surface area contributed by atoms with Gasteiger partial charge in [-0.3, -0.25) is 14.0 Å². The molecule has 1 N–H and O–H groups in total. The highest BCUT2D eigenvalue weighted by molar-refractivity contribution is 6.46. The number of pyridine rings is 1. The van der Waals surface area contributed by atoms with E-state index < -0.39 is 17.7 Å². The van der Waals surface area contributed by atoms with E-state index in [-0.39, 0.29) is 11.3 Å². The molecule has 1 saturated heterocycles. The minimum absolute atomic E-state index is 0.0439. The molecule has 0 spiro atoms. The molecule has 3 heterocycles. The first-order valence-corrected chi connectivity index (χ1v) is 10.7. The average Bonchev–Trinajstić information content (AvgIpc) is 3.21. The van der Waals surface area contributed by atoms with Crippen molar-refractivity contribution in [3.05, 3.63) is 75.7 Å². The summed E-state index contributed by atoms with van der Waals surface area (Å²) in [5.41, 5.74) is 3.31. The first kappa shape index (κ1) is 22.0. The number of hydrogen-bond acceptors (Lipinski definition) is 5. The topological polar surface area (TPSA) is 78.1 Å². The van der Waals surface area contributed by atoms with Crippen LogP contribution >= 0.6 is 11.6 Å². The van der Waals surface area contributed by atoms with Crippen molar-refractivity contribution in [2.24, 2.45) is 0 Å². The number of benzene rings is 1. The number of imidazole rings is 1. The van der Waals surface area contributed by atoms with Gasteiger partial charge in [0.05, 0.1) is 17.3 Å². The number of carbonyl (C=O) groups is 2. The Morgan fingerprint density at radius 1 is 1.19 bits per heavy atom. The Morgan fingerprint density at radius 3 is 2.62 bits per heavy atom. The van der Waals surface area contributed by atoms with Crippen LogP contribution in [0.1, 0.15) is 28.6 Å². The fraction of sp³-hybridized carbons (Fsp3) is 0.292. The number of halogens is 1. The summed E-state index contributed by atoms with van der Waals surface area (Å²) in [4.78, 5) is 34.2. The fourth-order valence-corrected chi connectivity index (χ4v) is 4.37. The molecule has 4 rings (SSSR count). The van der Waals surface area contributed by atoms with Crippen molar-refractivity contribution in [1.29, 1.82) is 0 Å². The van der Waals surface area contributed by atoms with Crippen LogP contribution in [0.2, 0.25) is 5.02 Å². The van der Waals surface area contributed by atoms with Crippen LogP contribution in [-0.4, -0.2) is 63.2 Å². The Bertz CT molecular complexity index is 1260. The number of aromatic nitrogens is 2. The van der Waals surface area contributed by atoms with Crippen molar-refractivity contribution in [1.82, 2.24) is 19.2 Å². The van der Waals surface area contributed by atoms with Gasteiger partial charge in [0.1, 0.15) is 11.3 Å². The van der Waals surface area contributed by atoms with Gasteiger partial charge in [-0.1, -0.05) is 29.8 Å². The van der Waals surface area contributed by atoms with Crippen LogP contribution in [0.25, 0.3) is 11.4 Å². The van der Waals surface area contributed by atoms with E-state index in [2.05, 4.69) is 4.98 Å². The molecule has 0 aliphatic carbocycles. The third kappa shape index (κ3) is 3.67. The van der Waals surface area contributed by atoms with Gasteiger partial charge in [0.15, 0.2) is 5.76 Å². The molecule has 0 bridgehead atoms. The number of aryl methyl sites for hydroxylation is 2. The lowest BCUT2D eigenvalue weighted by molar-refractivity contribution is -0.140. The number of nitrogens with zero attached hydrogens (tertiary/aromatic N) is 4. The van der Waals surface area contributed by atoms with Gasteiger partial charge in [0.2, 0.25) is 0 Å². The minimum Gasteiger partial charge on any atom is -0.505 e. The van der Waals surface area contributed by atoms with Crippen LogP contribution in [0.4, 0.5) is 0 Å². The van der Waals surface area contributed by atoms with E-state index in [0.29, 0.717) is 40.7 Å². The summed E-state index contributed by atoms with van der Waals surface area (Å²) in [6.45, 7) is 4.60. The van der Waals surface area contributed by atoms with Crippen LogP contribution in [0.15, 0.2) is 48.2 Å². The number of likely N-dealkylation sites (tertiary alicyclic amines) is 1. The molecule has 2 aromatic heterocycles. The van der Waals surface area contributed by atoms with Crippen LogP contribution in [0.3, 0.4) is 0 Å². The summed E-state index contributed by atoms with van der Waals surface area (Å²) in [6, 6.07) is 10.1. The number of fused-ring (bicyclic) bond motifs is 1. The van der Waals surface area contributed by atoms with Crippen molar-refractivity contribution < 1.29 is 14.7 Å². The zero-order valence-corrected chi connectivity index (χ0v) is 19.2. The summed E-state index contributed by atoms with van der Waals surface area (Å²) in [5.74, 6) is -1.59. The summed E-state index contributed by atoms with van der Waals surface area (Å²) in [7, 11) is 3.80. The highest BCUT2D eigenvalue weighted by Crippen LogP contribution is 2.40. The number of ketones is 1. The lowest BCUT2D eigenvalue weighted by atomic mass is 9.96. The zero-order valence-electron chi connectivity index (χ0n) is 18.5. The molecule has 8 heteroatoms. The number of aliphatic hydroxyl groups excluding tert-OH is 1. The van der Waals surface area contributed by atoms with E-state index in [1.165, 1.54) is 4.90 Å². The van der Waals surface area contributed by atoms with Crippen LogP contribution in [-0.2, 0) is 9.59 Å². The third-order valence-corrected chi connectivity index (χ3v) is 5.97. The molecule has 166 valence electrons. The van der Waals surface area contributed by atoms with Gasteiger partial charge in [0.25, 0.3) is 11.7 Å². The first-order valence-electron chi connectivity index (χ1n) is 10.3. The average molecular weight is 453 g/mol. The molecule has 1 fully saturated rings. The van der Waals surface area contributed by atoms with E-state index in [4.69, 9.17) is 11.6 Å². The van der Waals surface area contributed by atoms with E-state index in [1.807, 2.05) is 44.1 Å². The van der Waals surface area contributed by atoms with Gasteiger partial charge in [-0.2, -0.15) is 0 Å². The predicted octanol–water partition coefficient (Wildman–Crippen LogP) is 3.59. The van der Waals surface area contributed by atoms with Crippen molar-refractivity contribution in [2.75, 3.05) is 27.2 Å². The van der Waals surface area contributed by atoms with Gasteiger partial charge in [-0.25, -0.2) is 4.98 Å².